The third-order valence-corrected chi connectivity index (χ3v) is 13.2. The van der Waals surface area contributed by atoms with Gasteiger partial charge in [-0.25, -0.2) is 0 Å². The topological polar surface area (TPSA) is 111 Å². The molecule has 0 heterocycles. The molecule has 0 spiro atoms. The van der Waals surface area contributed by atoms with Gasteiger partial charge in [-0.15, -0.1) is 0 Å². The summed E-state index contributed by atoms with van der Waals surface area (Å²) in [5.41, 5.74) is 0. The number of esters is 2. The number of carbonyl (C=O) groups excluding carboxylic acids is 2. The van der Waals surface area contributed by atoms with Crippen LogP contribution in [0.2, 0.25) is 0 Å². The van der Waals surface area contributed by atoms with Crippen molar-refractivity contribution in [2.45, 2.75) is 232 Å². The first-order valence-electron chi connectivity index (χ1n) is 29.7. The van der Waals surface area contributed by atoms with Crippen LogP contribution in [0.5, 0.6) is 0 Å². The molecule has 0 amide bonds. The average molecular weight is 1060 g/mol. The van der Waals surface area contributed by atoms with Gasteiger partial charge in [0, 0.05) is 12.8 Å². The minimum absolute atomic E-state index is 0.0401. The molecule has 0 fully saturated rings. The zero-order valence-electron chi connectivity index (χ0n) is 48.4. The van der Waals surface area contributed by atoms with Gasteiger partial charge < -0.3 is 27.9 Å². The molecule has 0 rings (SSSR count). The molecule has 0 N–H and O–H groups in total. The van der Waals surface area contributed by atoms with E-state index >= 15 is 0 Å². The Kier molecular flexibility index (Phi) is 52.5. The molecule has 0 aromatic rings. The van der Waals surface area contributed by atoms with Crippen molar-refractivity contribution in [3.8, 4) is 0 Å². The van der Waals surface area contributed by atoms with E-state index in [1.54, 1.807) is 0 Å². The maximum absolute atomic E-state index is 12.8. The van der Waals surface area contributed by atoms with Gasteiger partial charge in [-0.3, -0.25) is 14.2 Å². The summed E-state index contributed by atoms with van der Waals surface area (Å²) in [6.07, 6.45) is 78.1. The Hall–Kier alpha value is -3.59. The lowest BCUT2D eigenvalue weighted by atomic mass is 10.1. The number of likely N-dealkylation sites (N-methyl/N-ethyl adjacent to an activating group) is 1. The number of ether oxygens (including phenoxy) is 2. The van der Waals surface area contributed by atoms with Crippen LogP contribution in [-0.4, -0.2) is 70.0 Å². The van der Waals surface area contributed by atoms with E-state index in [4.69, 9.17) is 18.5 Å². The van der Waals surface area contributed by atoms with Gasteiger partial charge in [-0.1, -0.05) is 225 Å². The van der Waals surface area contributed by atoms with Crippen molar-refractivity contribution in [2.24, 2.45) is 0 Å². The summed E-state index contributed by atoms with van der Waals surface area (Å²) in [5.74, 6) is -0.858. The summed E-state index contributed by atoms with van der Waals surface area (Å²) in [7, 11) is 1.14. The molecule has 0 aromatic heterocycles. The minimum atomic E-state index is -4.65. The van der Waals surface area contributed by atoms with Crippen LogP contribution in [0.15, 0.2) is 122 Å². The Morgan fingerprint density at radius 1 is 0.427 bits per heavy atom. The second kappa shape index (κ2) is 55.2. The highest BCUT2D eigenvalue weighted by atomic mass is 31.2. The molecule has 0 aliphatic rings. The van der Waals surface area contributed by atoms with E-state index < -0.39 is 32.5 Å². The Morgan fingerprint density at radius 3 is 1.13 bits per heavy atom. The fraction of sp³-hybridized carbons (Fsp3) is 0.662. The number of hydrogen-bond donors (Lipinski definition) is 0. The van der Waals surface area contributed by atoms with E-state index in [0.717, 1.165) is 109 Å². The molecule has 0 bridgehead atoms. The molecule has 428 valence electrons. The summed E-state index contributed by atoms with van der Waals surface area (Å²) in [4.78, 5) is 37.9. The van der Waals surface area contributed by atoms with Gasteiger partial charge in [0.15, 0.2) is 6.10 Å². The normalized spacial score (nSPS) is 14.2. The van der Waals surface area contributed by atoms with Crippen LogP contribution in [-0.2, 0) is 32.7 Å². The summed E-state index contributed by atoms with van der Waals surface area (Å²) >= 11 is 0. The number of phosphoric ester groups is 1. The number of carbonyl (C=O) groups is 2. The van der Waals surface area contributed by atoms with Gasteiger partial charge in [0.05, 0.1) is 27.7 Å². The molecule has 0 radical (unpaired) electrons. The van der Waals surface area contributed by atoms with Crippen molar-refractivity contribution >= 4 is 19.8 Å². The molecule has 0 saturated carbocycles. The number of nitrogens with zero attached hydrogens (tertiary/aromatic N) is 1. The van der Waals surface area contributed by atoms with E-state index in [-0.39, 0.29) is 26.1 Å². The number of allylic oxidation sites excluding steroid dienone is 20. The number of unbranched alkanes of at least 4 members (excludes halogenated alkanes) is 19. The fourth-order valence-electron chi connectivity index (χ4n) is 7.64. The number of rotatable bonds is 53. The highest BCUT2D eigenvalue weighted by molar-refractivity contribution is 7.45. The van der Waals surface area contributed by atoms with Crippen LogP contribution in [0, 0.1) is 0 Å². The predicted molar refractivity (Wildman–Crippen MR) is 318 cm³/mol. The third kappa shape index (κ3) is 59.5. The van der Waals surface area contributed by atoms with E-state index in [0.29, 0.717) is 23.9 Å². The van der Waals surface area contributed by atoms with Crippen molar-refractivity contribution in [1.82, 2.24) is 0 Å². The molecule has 2 unspecified atom stereocenters. The van der Waals surface area contributed by atoms with Gasteiger partial charge in [0.1, 0.15) is 19.8 Å². The number of phosphoric acid groups is 1. The van der Waals surface area contributed by atoms with Gasteiger partial charge in [-0.2, -0.15) is 0 Å². The lowest BCUT2D eigenvalue weighted by Crippen LogP contribution is -2.37. The Morgan fingerprint density at radius 2 is 0.760 bits per heavy atom. The van der Waals surface area contributed by atoms with Crippen molar-refractivity contribution in [3.63, 3.8) is 0 Å². The van der Waals surface area contributed by atoms with E-state index in [9.17, 15) is 19.0 Å². The SMILES string of the molecule is CC/C=C\C/C=C\C/C=C\C/C=C\C/C=C\C/C=C\C/C=C\C/C=C\CCCCCCCCCCC(=O)OC(COC(=O)CCCCCCCCC/C=C\C/C=C\CCCCCC)COP(=O)([O-])OCC[N+](C)(C)C. The number of hydrogen-bond acceptors (Lipinski definition) is 8. The Labute approximate surface area is 460 Å². The van der Waals surface area contributed by atoms with Crippen molar-refractivity contribution < 1.29 is 42.1 Å². The molecular formula is C65H110NO8P. The van der Waals surface area contributed by atoms with Crippen molar-refractivity contribution in [2.75, 3.05) is 47.5 Å². The van der Waals surface area contributed by atoms with Gasteiger partial charge in [0.25, 0.3) is 7.82 Å². The molecule has 9 nitrogen and oxygen atoms in total. The molecule has 0 aliphatic carbocycles. The molecular weight excluding hydrogens is 954 g/mol. The van der Waals surface area contributed by atoms with Crippen molar-refractivity contribution in [3.05, 3.63) is 122 Å². The van der Waals surface area contributed by atoms with Crippen LogP contribution in [0.4, 0.5) is 0 Å². The molecule has 0 aromatic carbocycles. The van der Waals surface area contributed by atoms with Crippen LogP contribution in [0.25, 0.3) is 0 Å². The van der Waals surface area contributed by atoms with Crippen LogP contribution >= 0.6 is 7.82 Å². The number of quaternary nitrogens is 1. The standard InChI is InChI=1S/C65H110NO8P/c1-6-8-10-12-14-16-18-20-22-24-26-27-28-29-30-31-32-33-34-35-36-37-38-39-40-42-44-46-48-50-52-54-56-58-65(68)74-63(62-73-75(69,70)72-60-59-66(3,4)5)61-71-64(67)57-55-53-51-49-47-45-43-41-25-23-21-19-17-15-13-11-9-7-2/h8,10,14,16-17,19-20,22-23,25-27,29-30,32-33,35-36,38-39,63H,6-7,9,11-13,15,18,21,24,28,31,34,37,40-62H2,1-5H3/b10-8-,16-14-,19-17-,22-20-,25-23-,27-26-,30-29-,33-32-,36-35-,39-38-. The second-order valence-electron chi connectivity index (χ2n) is 20.6. The zero-order valence-corrected chi connectivity index (χ0v) is 49.3. The lowest BCUT2D eigenvalue weighted by molar-refractivity contribution is -0.870. The minimum Gasteiger partial charge on any atom is -0.756 e. The van der Waals surface area contributed by atoms with Crippen LogP contribution in [0.1, 0.15) is 226 Å². The van der Waals surface area contributed by atoms with Gasteiger partial charge in [-0.05, 0) is 109 Å². The highest BCUT2D eigenvalue weighted by Gasteiger charge is 2.21. The fourth-order valence-corrected chi connectivity index (χ4v) is 8.37. The Bertz CT molecular complexity index is 1680. The summed E-state index contributed by atoms with van der Waals surface area (Å²) in [5, 5.41) is 0. The largest absolute Gasteiger partial charge is 0.756 e. The van der Waals surface area contributed by atoms with E-state index in [1.807, 2.05) is 21.1 Å². The lowest BCUT2D eigenvalue weighted by Gasteiger charge is -2.28. The molecule has 0 saturated heterocycles. The van der Waals surface area contributed by atoms with Crippen LogP contribution in [0.3, 0.4) is 0 Å². The maximum Gasteiger partial charge on any atom is 0.306 e. The van der Waals surface area contributed by atoms with Crippen LogP contribution < -0.4 is 4.89 Å². The predicted octanol–water partition coefficient (Wildman–Crippen LogP) is 18.1. The summed E-state index contributed by atoms with van der Waals surface area (Å²) in [6, 6.07) is 0. The molecule has 10 heteroatoms. The van der Waals surface area contributed by atoms with Gasteiger partial charge >= 0.3 is 11.9 Å². The third-order valence-electron chi connectivity index (χ3n) is 12.2. The zero-order chi connectivity index (χ0) is 54.9. The maximum atomic E-state index is 12.8. The monoisotopic (exact) mass is 1060 g/mol. The quantitative estimate of drug-likeness (QED) is 0.0195. The molecule has 0 aliphatic heterocycles. The molecule has 2 atom stereocenters. The molecule has 75 heavy (non-hydrogen) atoms. The smallest absolute Gasteiger partial charge is 0.306 e. The first-order chi connectivity index (χ1) is 36.5. The summed E-state index contributed by atoms with van der Waals surface area (Å²) < 4.78 is 34.1. The Balaban J connectivity index is 4.20. The first-order valence-corrected chi connectivity index (χ1v) is 31.2. The van der Waals surface area contributed by atoms with Gasteiger partial charge in [0.2, 0.25) is 0 Å². The second-order valence-corrected chi connectivity index (χ2v) is 22.0. The first kappa shape index (κ1) is 71.4. The summed E-state index contributed by atoms with van der Waals surface area (Å²) in [6.45, 7) is 4.08. The average Bonchev–Trinajstić information content (AvgIpc) is 3.37. The van der Waals surface area contributed by atoms with E-state index in [2.05, 4.69) is 135 Å². The van der Waals surface area contributed by atoms with Crippen molar-refractivity contribution in [1.29, 1.82) is 0 Å². The highest BCUT2D eigenvalue weighted by Crippen LogP contribution is 2.38. The van der Waals surface area contributed by atoms with E-state index in [1.165, 1.54) is 77.0 Å².